The molecule has 0 fully saturated rings. The predicted octanol–water partition coefficient (Wildman–Crippen LogP) is 1.89. The Morgan fingerprint density at radius 2 is 2.11 bits per heavy atom. The van der Waals surface area contributed by atoms with Gasteiger partial charge in [-0.1, -0.05) is 25.2 Å². The van der Waals surface area contributed by atoms with E-state index in [1.54, 1.807) is 7.05 Å². The lowest BCUT2D eigenvalue weighted by atomic mass is 10.1. The average molecular weight is 286 g/mol. The number of thiocarbonyl (C=S) groups is 1. The number of nitrogens with zero attached hydrogens (tertiary/aromatic N) is 1. The first-order valence-electron chi connectivity index (χ1n) is 5.78. The van der Waals surface area contributed by atoms with Crippen LogP contribution in [0.4, 0.5) is 8.78 Å². The minimum atomic E-state index is -0.718. The maximum atomic E-state index is 13.4. The summed E-state index contributed by atoms with van der Waals surface area (Å²) in [6, 6.07) is 3.16. The van der Waals surface area contributed by atoms with E-state index in [1.807, 2.05) is 6.92 Å². The fourth-order valence-corrected chi connectivity index (χ4v) is 1.64. The van der Waals surface area contributed by atoms with Crippen molar-refractivity contribution in [1.29, 1.82) is 0 Å². The molecule has 1 aromatic carbocycles. The first kappa shape index (κ1) is 15.5. The second-order valence-corrected chi connectivity index (χ2v) is 4.96. The molecule has 0 aliphatic carbocycles. The van der Waals surface area contributed by atoms with Gasteiger partial charge in [0.15, 0.2) is 0 Å². The standard InChI is InChI=1S/C13H16F2N2OS/c1-8(13(16)19)7-17(2)12(18)5-9-3-4-10(14)6-11(9)15/h3-4,6,8H,5,7H2,1-2H3,(H2,16,19). The normalized spacial score (nSPS) is 12.0. The fourth-order valence-electron chi connectivity index (χ4n) is 1.57. The van der Waals surface area contributed by atoms with E-state index >= 15 is 0 Å². The van der Waals surface area contributed by atoms with Crippen LogP contribution < -0.4 is 5.73 Å². The molecule has 2 N–H and O–H groups in total. The second kappa shape index (κ2) is 6.56. The zero-order valence-electron chi connectivity index (χ0n) is 10.8. The first-order chi connectivity index (χ1) is 8.81. The summed E-state index contributed by atoms with van der Waals surface area (Å²) in [6.07, 6.45) is -0.118. The molecule has 1 aromatic rings. The monoisotopic (exact) mass is 286 g/mol. The van der Waals surface area contributed by atoms with Crippen molar-refractivity contribution in [3.05, 3.63) is 35.4 Å². The number of benzene rings is 1. The van der Waals surface area contributed by atoms with Crippen LogP contribution in [-0.2, 0) is 11.2 Å². The number of halogens is 2. The highest BCUT2D eigenvalue weighted by molar-refractivity contribution is 7.80. The largest absolute Gasteiger partial charge is 0.393 e. The summed E-state index contributed by atoms with van der Waals surface area (Å²) < 4.78 is 26.2. The number of carbonyl (C=O) groups excluding carboxylic acids is 1. The van der Waals surface area contributed by atoms with Crippen LogP contribution in [0.5, 0.6) is 0 Å². The number of nitrogens with two attached hydrogens (primary N) is 1. The van der Waals surface area contributed by atoms with Gasteiger partial charge in [0.05, 0.1) is 11.4 Å². The molecule has 0 bridgehead atoms. The second-order valence-electron chi connectivity index (χ2n) is 4.49. The van der Waals surface area contributed by atoms with Crippen molar-refractivity contribution in [3.63, 3.8) is 0 Å². The van der Waals surface area contributed by atoms with Gasteiger partial charge in [-0.25, -0.2) is 8.78 Å². The Morgan fingerprint density at radius 1 is 1.47 bits per heavy atom. The summed E-state index contributed by atoms with van der Waals surface area (Å²) in [7, 11) is 1.60. The molecule has 1 rings (SSSR count). The third-order valence-corrected chi connectivity index (χ3v) is 3.22. The third kappa shape index (κ3) is 4.55. The van der Waals surface area contributed by atoms with E-state index in [4.69, 9.17) is 18.0 Å². The Labute approximate surface area is 116 Å². The van der Waals surface area contributed by atoms with Crippen molar-refractivity contribution >= 4 is 23.1 Å². The Kier molecular flexibility index (Phi) is 5.35. The van der Waals surface area contributed by atoms with E-state index in [2.05, 4.69) is 0 Å². The van der Waals surface area contributed by atoms with Crippen molar-refractivity contribution in [2.75, 3.05) is 13.6 Å². The average Bonchev–Trinajstić information content (AvgIpc) is 2.32. The van der Waals surface area contributed by atoms with Gasteiger partial charge < -0.3 is 10.6 Å². The van der Waals surface area contributed by atoms with Crippen LogP contribution >= 0.6 is 12.2 Å². The number of carbonyl (C=O) groups is 1. The van der Waals surface area contributed by atoms with Crippen LogP contribution in [0.3, 0.4) is 0 Å². The van der Waals surface area contributed by atoms with Gasteiger partial charge in [0, 0.05) is 25.6 Å². The molecule has 19 heavy (non-hydrogen) atoms. The van der Waals surface area contributed by atoms with E-state index in [0.29, 0.717) is 11.5 Å². The van der Waals surface area contributed by atoms with E-state index in [1.165, 1.54) is 11.0 Å². The minimum Gasteiger partial charge on any atom is -0.393 e. The number of amides is 1. The number of likely N-dealkylation sites (N-methyl/N-ethyl adjacent to an activating group) is 1. The van der Waals surface area contributed by atoms with Crippen LogP contribution in [0, 0.1) is 17.6 Å². The minimum absolute atomic E-state index is 0.109. The van der Waals surface area contributed by atoms with Gasteiger partial charge >= 0.3 is 0 Å². The molecule has 0 aliphatic heterocycles. The topological polar surface area (TPSA) is 46.3 Å². The van der Waals surface area contributed by atoms with E-state index in [-0.39, 0.29) is 23.8 Å². The van der Waals surface area contributed by atoms with Crippen LogP contribution in [-0.4, -0.2) is 29.4 Å². The molecule has 3 nitrogen and oxygen atoms in total. The van der Waals surface area contributed by atoms with Crippen molar-refractivity contribution in [1.82, 2.24) is 4.90 Å². The number of rotatable bonds is 5. The molecular weight excluding hydrogens is 270 g/mol. The summed E-state index contributed by atoms with van der Waals surface area (Å²) in [5.41, 5.74) is 5.64. The van der Waals surface area contributed by atoms with Gasteiger partial charge in [0.1, 0.15) is 11.6 Å². The lowest BCUT2D eigenvalue weighted by Gasteiger charge is -2.21. The number of hydrogen-bond donors (Lipinski definition) is 1. The Balaban J connectivity index is 2.66. The molecule has 1 atom stereocenters. The highest BCUT2D eigenvalue weighted by atomic mass is 32.1. The van der Waals surface area contributed by atoms with Crippen LogP contribution in [0.1, 0.15) is 12.5 Å². The van der Waals surface area contributed by atoms with Crippen molar-refractivity contribution in [2.45, 2.75) is 13.3 Å². The van der Waals surface area contributed by atoms with E-state index < -0.39 is 11.6 Å². The highest BCUT2D eigenvalue weighted by Gasteiger charge is 2.16. The van der Waals surface area contributed by atoms with E-state index in [0.717, 1.165) is 12.1 Å². The zero-order valence-corrected chi connectivity index (χ0v) is 11.6. The number of hydrogen-bond acceptors (Lipinski definition) is 2. The summed E-state index contributed by atoms with van der Waals surface area (Å²) in [5.74, 6) is -1.76. The summed E-state index contributed by atoms with van der Waals surface area (Å²) >= 11 is 4.83. The summed E-state index contributed by atoms with van der Waals surface area (Å²) in [5, 5.41) is 0. The zero-order chi connectivity index (χ0) is 14.6. The maximum Gasteiger partial charge on any atom is 0.226 e. The molecule has 1 amide bonds. The van der Waals surface area contributed by atoms with Gasteiger partial charge in [-0.05, 0) is 11.6 Å². The SMILES string of the molecule is CC(CN(C)C(=O)Cc1ccc(F)cc1F)C(N)=S. The molecule has 0 saturated heterocycles. The summed E-state index contributed by atoms with van der Waals surface area (Å²) in [6.45, 7) is 2.18. The van der Waals surface area contributed by atoms with Crippen molar-refractivity contribution in [2.24, 2.45) is 11.7 Å². The van der Waals surface area contributed by atoms with Crippen LogP contribution in [0.25, 0.3) is 0 Å². The lowest BCUT2D eigenvalue weighted by molar-refractivity contribution is -0.129. The first-order valence-corrected chi connectivity index (χ1v) is 6.19. The van der Waals surface area contributed by atoms with Gasteiger partial charge in [0.25, 0.3) is 0 Å². The highest BCUT2D eigenvalue weighted by Crippen LogP contribution is 2.11. The molecule has 0 heterocycles. The Bertz CT molecular complexity index is 494. The van der Waals surface area contributed by atoms with Crippen molar-refractivity contribution in [3.8, 4) is 0 Å². The molecule has 0 aromatic heterocycles. The van der Waals surface area contributed by atoms with Gasteiger partial charge in [0.2, 0.25) is 5.91 Å². The van der Waals surface area contributed by atoms with Crippen molar-refractivity contribution < 1.29 is 13.6 Å². The molecule has 0 radical (unpaired) electrons. The summed E-state index contributed by atoms with van der Waals surface area (Å²) in [4.78, 5) is 13.7. The fraction of sp³-hybridized carbons (Fsp3) is 0.385. The molecular formula is C13H16F2N2OS. The van der Waals surface area contributed by atoms with Crippen LogP contribution in [0.15, 0.2) is 18.2 Å². The quantitative estimate of drug-likeness (QED) is 0.841. The van der Waals surface area contributed by atoms with Gasteiger partial charge in [-0.15, -0.1) is 0 Å². The van der Waals surface area contributed by atoms with Crippen LogP contribution in [0.2, 0.25) is 0 Å². The molecule has 104 valence electrons. The van der Waals surface area contributed by atoms with Gasteiger partial charge in [-0.2, -0.15) is 0 Å². The lowest BCUT2D eigenvalue weighted by Crippen LogP contribution is -2.36. The predicted molar refractivity (Wildman–Crippen MR) is 73.6 cm³/mol. The third-order valence-electron chi connectivity index (χ3n) is 2.82. The van der Waals surface area contributed by atoms with Gasteiger partial charge in [-0.3, -0.25) is 4.79 Å². The van der Waals surface area contributed by atoms with E-state index in [9.17, 15) is 13.6 Å². The Morgan fingerprint density at radius 3 is 2.63 bits per heavy atom. The Hall–Kier alpha value is -1.56. The molecule has 1 unspecified atom stereocenters. The molecule has 6 heteroatoms. The molecule has 0 aliphatic rings. The molecule has 0 saturated carbocycles. The smallest absolute Gasteiger partial charge is 0.226 e. The molecule has 0 spiro atoms. The maximum absolute atomic E-state index is 13.4.